The molecule has 3 aromatic rings. The standard InChI is InChI=1S/C21H24BrN3O2S/c1-27-18-7-3-2-6-15(18)13-25-17(12-19-20(25)16(22)14-28-19)21(26)23-8-11-24-9-4-5-10-24/h2-3,6-7,12,14H,4-5,8-11,13H2,1H3,(H,23,26). The van der Waals surface area contributed by atoms with Crippen molar-refractivity contribution in [2.24, 2.45) is 0 Å². The fraction of sp³-hybridized carbons (Fsp3) is 0.381. The average molecular weight is 462 g/mol. The predicted octanol–water partition coefficient (Wildman–Crippen LogP) is 4.35. The van der Waals surface area contributed by atoms with E-state index in [0.717, 1.165) is 45.6 Å². The number of thiophene rings is 1. The zero-order valence-corrected chi connectivity index (χ0v) is 18.3. The number of rotatable bonds is 7. The highest BCUT2D eigenvalue weighted by atomic mass is 79.9. The van der Waals surface area contributed by atoms with Crippen LogP contribution in [0.2, 0.25) is 0 Å². The molecule has 5 nitrogen and oxygen atoms in total. The maximum absolute atomic E-state index is 13.0. The third kappa shape index (κ3) is 3.97. The number of hydrogen-bond donors (Lipinski definition) is 1. The number of aromatic nitrogens is 1. The summed E-state index contributed by atoms with van der Waals surface area (Å²) in [4.78, 5) is 15.4. The second-order valence-corrected chi connectivity index (χ2v) is 8.79. The largest absolute Gasteiger partial charge is 0.496 e. The van der Waals surface area contributed by atoms with Crippen LogP contribution in [0.4, 0.5) is 0 Å². The summed E-state index contributed by atoms with van der Waals surface area (Å²) in [6.07, 6.45) is 2.53. The van der Waals surface area contributed by atoms with E-state index >= 15 is 0 Å². The van der Waals surface area contributed by atoms with Crippen LogP contribution in [0.15, 0.2) is 40.2 Å². The van der Waals surface area contributed by atoms with Gasteiger partial charge in [0.2, 0.25) is 0 Å². The summed E-state index contributed by atoms with van der Waals surface area (Å²) in [5, 5.41) is 5.18. The molecule has 1 saturated heterocycles. The van der Waals surface area contributed by atoms with Crippen molar-refractivity contribution in [1.29, 1.82) is 0 Å². The second-order valence-electron chi connectivity index (χ2n) is 7.03. The van der Waals surface area contributed by atoms with Crippen molar-refractivity contribution in [3.05, 3.63) is 51.4 Å². The number of para-hydroxylation sites is 1. The second kappa shape index (κ2) is 8.68. The van der Waals surface area contributed by atoms with Crippen molar-refractivity contribution in [2.75, 3.05) is 33.3 Å². The molecule has 0 bridgehead atoms. The zero-order valence-electron chi connectivity index (χ0n) is 15.9. The molecule has 1 amide bonds. The van der Waals surface area contributed by atoms with Crippen LogP contribution < -0.4 is 10.1 Å². The normalized spacial score (nSPS) is 14.6. The number of likely N-dealkylation sites (tertiary alicyclic amines) is 1. The molecule has 1 aliphatic heterocycles. The lowest BCUT2D eigenvalue weighted by Gasteiger charge is -2.16. The number of ether oxygens (including phenoxy) is 1. The minimum absolute atomic E-state index is 0.0237. The van der Waals surface area contributed by atoms with E-state index in [0.29, 0.717) is 18.8 Å². The number of fused-ring (bicyclic) bond motifs is 1. The van der Waals surface area contributed by atoms with Gasteiger partial charge in [0.05, 0.1) is 28.3 Å². The molecule has 148 valence electrons. The van der Waals surface area contributed by atoms with Gasteiger partial charge in [-0.3, -0.25) is 4.79 Å². The lowest BCUT2D eigenvalue weighted by Crippen LogP contribution is -2.34. The maximum atomic E-state index is 13.0. The number of carbonyl (C=O) groups is 1. The molecule has 0 spiro atoms. The molecule has 7 heteroatoms. The number of nitrogens with one attached hydrogen (secondary N) is 1. The van der Waals surface area contributed by atoms with Gasteiger partial charge < -0.3 is 19.5 Å². The molecule has 0 unspecified atom stereocenters. The van der Waals surface area contributed by atoms with E-state index < -0.39 is 0 Å². The Morgan fingerprint density at radius 1 is 1.29 bits per heavy atom. The quantitative estimate of drug-likeness (QED) is 0.568. The van der Waals surface area contributed by atoms with Crippen molar-refractivity contribution in [1.82, 2.24) is 14.8 Å². The highest BCUT2D eigenvalue weighted by Gasteiger charge is 2.20. The third-order valence-corrected chi connectivity index (χ3v) is 7.07. The van der Waals surface area contributed by atoms with E-state index in [1.54, 1.807) is 18.4 Å². The van der Waals surface area contributed by atoms with Crippen molar-refractivity contribution < 1.29 is 9.53 Å². The first-order valence-corrected chi connectivity index (χ1v) is 11.2. The van der Waals surface area contributed by atoms with Crippen LogP contribution in [0.1, 0.15) is 28.9 Å². The van der Waals surface area contributed by atoms with Gasteiger partial charge in [-0.15, -0.1) is 11.3 Å². The van der Waals surface area contributed by atoms with Gasteiger partial charge in [-0.2, -0.15) is 0 Å². The minimum atomic E-state index is -0.0237. The zero-order chi connectivity index (χ0) is 19.5. The first-order chi connectivity index (χ1) is 13.7. The molecule has 0 saturated carbocycles. The average Bonchev–Trinajstić information content (AvgIpc) is 3.42. The molecule has 1 aromatic carbocycles. The Hall–Kier alpha value is -1.83. The smallest absolute Gasteiger partial charge is 0.268 e. The molecule has 1 aliphatic rings. The Bertz CT molecular complexity index is 975. The lowest BCUT2D eigenvalue weighted by atomic mass is 10.2. The van der Waals surface area contributed by atoms with Crippen LogP contribution in [-0.4, -0.2) is 48.7 Å². The summed E-state index contributed by atoms with van der Waals surface area (Å²) in [6.45, 7) is 4.45. The van der Waals surface area contributed by atoms with Gasteiger partial charge in [-0.05, 0) is 54.0 Å². The Morgan fingerprint density at radius 3 is 2.86 bits per heavy atom. The summed E-state index contributed by atoms with van der Waals surface area (Å²) in [7, 11) is 1.68. The lowest BCUT2D eigenvalue weighted by molar-refractivity contribution is 0.0941. The number of hydrogen-bond acceptors (Lipinski definition) is 4. The van der Waals surface area contributed by atoms with Crippen LogP contribution >= 0.6 is 27.3 Å². The SMILES string of the molecule is COc1ccccc1Cn1c(C(=O)NCCN2CCCC2)cc2scc(Br)c21. The predicted molar refractivity (Wildman–Crippen MR) is 118 cm³/mol. The van der Waals surface area contributed by atoms with E-state index in [4.69, 9.17) is 4.74 Å². The molecule has 0 atom stereocenters. The van der Waals surface area contributed by atoms with Gasteiger partial charge >= 0.3 is 0 Å². The van der Waals surface area contributed by atoms with Crippen molar-refractivity contribution in [3.8, 4) is 5.75 Å². The van der Waals surface area contributed by atoms with Crippen LogP contribution in [0, 0.1) is 0 Å². The molecule has 1 N–H and O–H groups in total. The van der Waals surface area contributed by atoms with E-state index in [1.807, 2.05) is 30.3 Å². The van der Waals surface area contributed by atoms with Gasteiger partial charge in [-0.1, -0.05) is 18.2 Å². The van der Waals surface area contributed by atoms with E-state index in [1.165, 1.54) is 12.8 Å². The van der Waals surface area contributed by atoms with Crippen LogP contribution in [-0.2, 0) is 6.54 Å². The molecule has 1 fully saturated rings. The Balaban J connectivity index is 1.59. The van der Waals surface area contributed by atoms with Crippen molar-refractivity contribution in [2.45, 2.75) is 19.4 Å². The van der Waals surface area contributed by atoms with E-state index in [2.05, 4.69) is 36.1 Å². The topological polar surface area (TPSA) is 46.5 Å². The first kappa shape index (κ1) is 19.5. The number of methoxy groups -OCH3 is 1. The molecular formula is C21H24BrN3O2S. The fourth-order valence-electron chi connectivity index (χ4n) is 3.81. The Morgan fingerprint density at radius 2 is 2.07 bits per heavy atom. The number of benzene rings is 1. The number of halogens is 1. The molecule has 28 heavy (non-hydrogen) atoms. The molecule has 2 aromatic heterocycles. The van der Waals surface area contributed by atoms with Gasteiger partial charge in [0.1, 0.15) is 11.4 Å². The molecule has 0 radical (unpaired) electrons. The van der Waals surface area contributed by atoms with Crippen LogP contribution in [0.25, 0.3) is 10.2 Å². The number of carbonyl (C=O) groups excluding carboxylic acids is 1. The first-order valence-electron chi connectivity index (χ1n) is 9.56. The molecular weight excluding hydrogens is 438 g/mol. The Labute approximate surface area is 177 Å². The number of nitrogens with zero attached hydrogens (tertiary/aromatic N) is 2. The minimum Gasteiger partial charge on any atom is -0.496 e. The molecule has 0 aliphatic carbocycles. The highest BCUT2D eigenvalue weighted by molar-refractivity contribution is 9.10. The molecule has 3 heterocycles. The summed E-state index contributed by atoms with van der Waals surface area (Å²) in [6, 6.07) is 9.94. The van der Waals surface area contributed by atoms with Crippen LogP contribution in [0.3, 0.4) is 0 Å². The summed E-state index contributed by atoms with van der Waals surface area (Å²) in [5.41, 5.74) is 2.79. The van der Waals surface area contributed by atoms with E-state index in [9.17, 15) is 4.79 Å². The van der Waals surface area contributed by atoms with Crippen molar-refractivity contribution >= 4 is 43.4 Å². The highest BCUT2D eigenvalue weighted by Crippen LogP contribution is 2.34. The van der Waals surface area contributed by atoms with Gasteiger partial charge in [0.25, 0.3) is 5.91 Å². The summed E-state index contributed by atoms with van der Waals surface area (Å²) < 4.78 is 9.71. The Kier molecular flexibility index (Phi) is 6.04. The molecule has 4 rings (SSSR count). The summed E-state index contributed by atoms with van der Waals surface area (Å²) in [5.74, 6) is 0.806. The number of amides is 1. The third-order valence-electron chi connectivity index (χ3n) is 5.24. The van der Waals surface area contributed by atoms with E-state index in [-0.39, 0.29) is 5.91 Å². The monoisotopic (exact) mass is 461 g/mol. The van der Waals surface area contributed by atoms with Gasteiger partial charge in [-0.25, -0.2) is 0 Å². The maximum Gasteiger partial charge on any atom is 0.268 e. The summed E-state index contributed by atoms with van der Waals surface area (Å²) >= 11 is 5.29. The van der Waals surface area contributed by atoms with Crippen molar-refractivity contribution in [3.63, 3.8) is 0 Å². The fourth-order valence-corrected chi connectivity index (χ4v) is 5.50. The van der Waals surface area contributed by atoms with Gasteiger partial charge in [0.15, 0.2) is 0 Å². The van der Waals surface area contributed by atoms with Gasteiger partial charge in [0, 0.05) is 24.0 Å². The van der Waals surface area contributed by atoms with Crippen LogP contribution in [0.5, 0.6) is 5.75 Å².